The second kappa shape index (κ2) is 9.79. The van der Waals surface area contributed by atoms with E-state index in [4.69, 9.17) is 0 Å². The number of amides is 2. The van der Waals surface area contributed by atoms with Gasteiger partial charge in [0.25, 0.3) is 5.91 Å². The van der Waals surface area contributed by atoms with E-state index in [-0.39, 0.29) is 28.9 Å². The van der Waals surface area contributed by atoms with Gasteiger partial charge in [-0.1, -0.05) is 44.6 Å². The SMILES string of the molecule is CCC1C(C)CC2C1C=CC1C3C/C=C/C(=O)NCCCC4NC(=O)/C(=C(\O)C=CC3CC12)C4=O. The number of fused-ring (bicyclic) bond motifs is 7. The maximum Gasteiger partial charge on any atom is 0.259 e. The van der Waals surface area contributed by atoms with Crippen molar-refractivity contribution in [1.82, 2.24) is 10.6 Å². The first-order valence-corrected chi connectivity index (χ1v) is 13.5. The topological polar surface area (TPSA) is 95.5 Å². The van der Waals surface area contributed by atoms with Crippen LogP contribution in [-0.2, 0) is 14.4 Å². The third kappa shape index (κ3) is 4.41. The van der Waals surface area contributed by atoms with Gasteiger partial charge < -0.3 is 15.7 Å². The highest BCUT2D eigenvalue weighted by Crippen LogP contribution is 2.59. The Hall–Kier alpha value is -2.63. The molecule has 9 unspecified atom stereocenters. The van der Waals surface area contributed by atoms with E-state index in [0.717, 1.165) is 24.7 Å². The van der Waals surface area contributed by atoms with Crippen LogP contribution in [0.25, 0.3) is 0 Å². The molecule has 35 heavy (non-hydrogen) atoms. The van der Waals surface area contributed by atoms with Gasteiger partial charge in [-0.15, -0.1) is 0 Å². The summed E-state index contributed by atoms with van der Waals surface area (Å²) in [6.45, 7) is 5.14. The minimum atomic E-state index is -0.645. The molecule has 6 heteroatoms. The third-order valence-electron chi connectivity index (χ3n) is 9.52. The number of allylic oxidation sites excluding steroid dienone is 5. The maximum absolute atomic E-state index is 12.8. The van der Waals surface area contributed by atoms with E-state index < -0.39 is 11.9 Å². The Morgan fingerprint density at radius 1 is 1.00 bits per heavy atom. The van der Waals surface area contributed by atoms with Gasteiger partial charge in [0.15, 0.2) is 5.78 Å². The molecule has 0 aromatic rings. The van der Waals surface area contributed by atoms with Gasteiger partial charge >= 0.3 is 0 Å². The Bertz CT molecular complexity index is 1010. The molecule has 3 N–H and O–H groups in total. The largest absolute Gasteiger partial charge is 0.507 e. The van der Waals surface area contributed by atoms with Gasteiger partial charge in [0.1, 0.15) is 11.3 Å². The standard InChI is InChI=1S/C29H38N2O4/c1-3-18-16(2)14-22-20(18)10-11-21-19-6-4-8-26(33)30-13-5-7-24-28(34)27(29(35)31-24)25(32)12-9-17(19)15-23(21)22/h4,8-12,16-24,32H,3,5-7,13-15H2,1-2H3,(H,30,33)(H,31,35)/b8-4+,12-9?,27-25-. The molecule has 0 aromatic heterocycles. The fourth-order valence-electron chi connectivity index (χ4n) is 7.92. The van der Waals surface area contributed by atoms with E-state index in [1.54, 1.807) is 12.2 Å². The van der Waals surface area contributed by atoms with Crippen molar-refractivity contribution in [2.75, 3.05) is 6.54 Å². The molecule has 2 bridgehead atoms. The monoisotopic (exact) mass is 478 g/mol. The van der Waals surface area contributed by atoms with Gasteiger partial charge in [-0.05, 0) is 91.6 Å². The molecule has 5 rings (SSSR count). The number of nitrogens with one attached hydrogen (secondary N) is 2. The minimum absolute atomic E-state index is 0.117. The Morgan fingerprint density at radius 2 is 1.77 bits per heavy atom. The Labute approximate surface area is 208 Å². The summed E-state index contributed by atoms with van der Waals surface area (Å²) >= 11 is 0. The molecule has 0 radical (unpaired) electrons. The van der Waals surface area contributed by atoms with Crippen LogP contribution >= 0.6 is 0 Å². The zero-order valence-corrected chi connectivity index (χ0v) is 20.8. The van der Waals surface area contributed by atoms with Crippen molar-refractivity contribution in [3.63, 3.8) is 0 Å². The van der Waals surface area contributed by atoms with Gasteiger partial charge in [-0.25, -0.2) is 0 Å². The lowest BCUT2D eigenvalue weighted by molar-refractivity contribution is -0.118. The molecule has 5 aliphatic rings. The highest BCUT2D eigenvalue weighted by atomic mass is 16.3. The van der Waals surface area contributed by atoms with Crippen LogP contribution in [0.3, 0.4) is 0 Å². The van der Waals surface area contributed by atoms with Gasteiger partial charge in [-0.2, -0.15) is 0 Å². The quantitative estimate of drug-likeness (QED) is 0.392. The summed E-state index contributed by atoms with van der Waals surface area (Å²) in [5.74, 6) is 3.16. The van der Waals surface area contributed by atoms with Crippen molar-refractivity contribution in [2.45, 2.75) is 58.4 Å². The Kier molecular flexibility index (Phi) is 6.73. The maximum atomic E-state index is 12.8. The number of aliphatic hydroxyl groups excluding tert-OH is 1. The molecule has 2 saturated carbocycles. The molecule has 188 valence electrons. The average molecular weight is 479 g/mol. The summed E-state index contributed by atoms with van der Waals surface area (Å²) < 4.78 is 0. The van der Waals surface area contributed by atoms with Crippen LogP contribution in [0, 0.1) is 47.3 Å². The van der Waals surface area contributed by atoms with Crippen molar-refractivity contribution in [3.8, 4) is 0 Å². The summed E-state index contributed by atoms with van der Waals surface area (Å²) in [4.78, 5) is 37.6. The fraction of sp³-hybridized carbons (Fsp3) is 0.621. The second-order valence-corrected chi connectivity index (χ2v) is 11.3. The second-order valence-electron chi connectivity index (χ2n) is 11.3. The first kappa shape index (κ1) is 24.1. The van der Waals surface area contributed by atoms with E-state index in [9.17, 15) is 19.5 Å². The predicted octanol–water partition coefficient (Wildman–Crippen LogP) is 4.02. The van der Waals surface area contributed by atoms with Crippen LogP contribution in [0.15, 0.2) is 47.8 Å². The van der Waals surface area contributed by atoms with E-state index in [0.29, 0.717) is 49.0 Å². The first-order chi connectivity index (χ1) is 16.9. The summed E-state index contributed by atoms with van der Waals surface area (Å²) in [6, 6.07) is -0.645. The molecule has 2 aliphatic heterocycles. The summed E-state index contributed by atoms with van der Waals surface area (Å²) in [6.07, 6.45) is 17.4. The van der Waals surface area contributed by atoms with Gasteiger partial charge in [0, 0.05) is 6.54 Å². The molecule has 2 heterocycles. The fourth-order valence-corrected chi connectivity index (χ4v) is 7.92. The predicted molar refractivity (Wildman–Crippen MR) is 134 cm³/mol. The lowest BCUT2D eigenvalue weighted by Crippen LogP contribution is -2.31. The van der Waals surface area contributed by atoms with Crippen LogP contribution in [0.2, 0.25) is 0 Å². The Balaban J connectivity index is 1.46. The van der Waals surface area contributed by atoms with Crippen LogP contribution in [-0.4, -0.2) is 35.3 Å². The molecule has 1 saturated heterocycles. The molecule has 9 atom stereocenters. The van der Waals surface area contributed by atoms with Crippen molar-refractivity contribution in [3.05, 3.63) is 47.8 Å². The highest BCUT2D eigenvalue weighted by molar-refractivity contribution is 6.27. The molecular weight excluding hydrogens is 440 g/mol. The van der Waals surface area contributed by atoms with Crippen LogP contribution < -0.4 is 10.6 Å². The molecular formula is C29H38N2O4. The number of hydrogen-bond donors (Lipinski definition) is 3. The number of hydrogen-bond acceptors (Lipinski definition) is 4. The number of carbonyl (C=O) groups excluding carboxylic acids is 3. The number of carbonyl (C=O) groups is 3. The lowest BCUT2D eigenvalue weighted by atomic mass is 9.69. The van der Waals surface area contributed by atoms with Gasteiger partial charge in [0.2, 0.25) is 5.91 Å². The van der Waals surface area contributed by atoms with Crippen LogP contribution in [0.1, 0.15) is 52.4 Å². The molecule has 0 spiro atoms. The molecule has 3 fully saturated rings. The van der Waals surface area contributed by atoms with Crippen LogP contribution in [0.4, 0.5) is 0 Å². The molecule has 3 aliphatic carbocycles. The summed E-state index contributed by atoms with van der Waals surface area (Å²) in [5, 5.41) is 16.3. The number of Topliss-reactive ketones (excluding diaryl/α,β-unsaturated/α-hetero) is 1. The average Bonchev–Trinajstić information content (AvgIpc) is 3.44. The van der Waals surface area contributed by atoms with Crippen molar-refractivity contribution < 1.29 is 19.5 Å². The zero-order chi connectivity index (χ0) is 24.7. The smallest absolute Gasteiger partial charge is 0.259 e. The van der Waals surface area contributed by atoms with Gasteiger partial charge in [0.05, 0.1) is 6.04 Å². The number of aliphatic hydroxyl groups is 1. The summed E-state index contributed by atoms with van der Waals surface area (Å²) in [7, 11) is 0. The summed E-state index contributed by atoms with van der Waals surface area (Å²) in [5.41, 5.74) is -0.135. The third-order valence-corrected chi connectivity index (χ3v) is 9.52. The molecule has 2 amide bonds. The lowest BCUT2D eigenvalue weighted by Gasteiger charge is -2.35. The van der Waals surface area contributed by atoms with E-state index in [1.807, 2.05) is 12.2 Å². The zero-order valence-electron chi connectivity index (χ0n) is 20.8. The van der Waals surface area contributed by atoms with Crippen molar-refractivity contribution in [2.24, 2.45) is 47.3 Å². The minimum Gasteiger partial charge on any atom is -0.507 e. The van der Waals surface area contributed by atoms with E-state index >= 15 is 0 Å². The van der Waals surface area contributed by atoms with Crippen molar-refractivity contribution >= 4 is 17.6 Å². The Morgan fingerprint density at radius 3 is 2.57 bits per heavy atom. The van der Waals surface area contributed by atoms with Crippen molar-refractivity contribution in [1.29, 1.82) is 0 Å². The first-order valence-electron chi connectivity index (χ1n) is 13.5. The normalized spacial score (nSPS) is 44.4. The molecule has 0 aromatic carbocycles. The number of ketones is 1. The van der Waals surface area contributed by atoms with E-state index in [1.165, 1.54) is 12.8 Å². The number of rotatable bonds is 1. The van der Waals surface area contributed by atoms with Gasteiger partial charge in [-0.3, -0.25) is 14.4 Å². The van der Waals surface area contributed by atoms with Crippen LogP contribution in [0.5, 0.6) is 0 Å². The highest BCUT2D eigenvalue weighted by Gasteiger charge is 2.52. The molecule has 6 nitrogen and oxygen atoms in total. The van der Waals surface area contributed by atoms with E-state index in [2.05, 4.69) is 36.6 Å².